The van der Waals surface area contributed by atoms with Crippen LogP contribution in [0.2, 0.25) is 0 Å². The van der Waals surface area contributed by atoms with Gasteiger partial charge in [0.1, 0.15) is 11.4 Å². The summed E-state index contributed by atoms with van der Waals surface area (Å²) in [5.74, 6) is 0.936. The monoisotopic (exact) mass is 330 g/mol. The second-order valence-electron chi connectivity index (χ2n) is 7.49. The number of carbonyl (C=O) groups excluding carboxylic acids is 1. The summed E-state index contributed by atoms with van der Waals surface area (Å²) in [6.07, 6.45) is 6.74. The van der Waals surface area contributed by atoms with Crippen LogP contribution in [0.1, 0.15) is 65.9 Å². The first-order valence-electron chi connectivity index (χ1n) is 8.96. The Morgan fingerprint density at radius 3 is 2.21 bits per heavy atom. The third kappa shape index (κ3) is 4.47. The largest absolute Gasteiger partial charge is 0.494 e. The number of Topliss-reactive ketones (excluding diaryl/α,β-unsaturated/α-hetero) is 1. The highest BCUT2D eigenvalue weighted by atomic mass is 16.5. The van der Waals surface area contributed by atoms with E-state index in [4.69, 9.17) is 9.47 Å². The molecule has 0 amide bonds. The second-order valence-corrected chi connectivity index (χ2v) is 7.49. The van der Waals surface area contributed by atoms with Crippen molar-refractivity contribution < 1.29 is 14.3 Å². The summed E-state index contributed by atoms with van der Waals surface area (Å²) in [4.78, 5) is 12.5. The smallest absolute Gasteiger partial charge is 0.192 e. The summed E-state index contributed by atoms with van der Waals surface area (Å²) in [6.45, 7) is 10.5. The molecule has 0 N–H and O–H groups in total. The molecule has 3 heteroatoms. The molecule has 0 aliphatic carbocycles. The molecule has 24 heavy (non-hydrogen) atoms. The Kier molecular flexibility index (Phi) is 5.87. The van der Waals surface area contributed by atoms with Gasteiger partial charge in [0.05, 0.1) is 12.2 Å². The molecule has 1 fully saturated rings. The topological polar surface area (TPSA) is 35.5 Å². The average molecular weight is 330 g/mol. The second kappa shape index (κ2) is 7.52. The van der Waals surface area contributed by atoms with Gasteiger partial charge in [0.25, 0.3) is 0 Å². The molecule has 0 atom stereocenters. The van der Waals surface area contributed by atoms with Crippen LogP contribution in [0, 0.1) is 0 Å². The van der Waals surface area contributed by atoms with Crippen LogP contribution in [0.25, 0.3) is 6.08 Å². The van der Waals surface area contributed by atoms with Gasteiger partial charge < -0.3 is 9.47 Å². The molecule has 0 spiro atoms. The highest BCUT2D eigenvalue weighted by Crippen LogP contribution is 2.39. The molecule has 2 rings (SSSR count). The molecule has 1 aliphatic rings. The van der Waals surface area contributed by atoms with Crippen LogP contribution >= 0.6 is 0 Å². The fraction of sp³-hybridized carbons (Fsp3) is 0.571. The van der Waals surface area contributed by atoms with Crippen molar-refractivity contribution in [1.29, 1.82) is 0 Å². The summed E-state index contributed by atoms with van der Waals surface area (Å²) in [6, 6.07) is 7.90. The van der Waals surface area contributed by atoms with Gasteiger partial charge in [0.15, 0.2) is 5.78 Å². The van der Waals surface area contributed by atoms with Crippen molar-refractivity contribution >= 4 is 11.9 Å². The summed E-state index contributed by atoms with van der Waals surface area (Å²) in [5.41, 5.74) is 0.401. The first-order valence-corrected chi connectivity index (χ1v) is 8.96. The SMILES string of the molecule is CCCCCCOc1ccc(C=C2C(=O)C(C)(C)OC2(C)C)cc1. The van der Waals surface area contributed by atoms with Crippen LogP contribution in [0.15, 0.2) is 29.8 Å². The number of ketones is 1. The van der Waals surface area contributed by atoms with Crippen molar-refractivity contribution in [2.45, 2.75) is 71.5 Å². The number of benzene rings is 1. The molecule has 1 aromatic carbocycles. The molecule has 1 aliphatic heterocycles. The molecule has 3 nitrogen and oxygen atoms in total. The molecule has 0 saturated carbocycles. The van der Waals surface area contributed by atoms with Crippen LogP contribution in [-0.4, -0.2) is 23.6 Å². The van der Waals surface area contributed by atoms with E-state index in [1.807, 2.05) is 58.0 Å². The maximum absolute atomic E-state index is 12.5. The number of carbonyl (C=O) groups is 1. The van der Waals surface area contributed by atoms with E-state index in [0.717, 1.165) is 29.9 Å². The van der Waals surface area contributed by atoms with Gasteiger partial charge >= 0.3 is 0 Å². The van der Waals surface area contributed by atoms with Crippen LogP contribution in [-0.2, 0) is 9.53 Å². The lowest BCUT2D eigenvalue weighted by molar-refractivity contribution is -0.132. The number of hydrogen-bond donors (Lipinski definition) is 0. The number of unbranched alkanes of at least 4 members (excludes halogenated alkanes) is 3. The minimum Gasteiger partial charge on any atom is -0.494 e. The summed E-state index contributed by atoms with van der Waals surface area (Å²) in [5, 5.41) is 0. The zero-order chi connectivity index (χ0) is 17.8. The van der Waals surface area contributed by atoms with Crippen molar-refractivity contribution in [3.05, 3.63) is 35.4 Å². The van der Waals surface area contributed by atoms with E-state index >= 15 is 0 Å². The molecular formula is C21H30O3. The van der Waals surface area contributed by atoms with E-state index in [2.05, 4.69) is 6.92 Å². The third-order valence-corrected chi connectivity index (χ3v) is 4.41. The van der Waals surface area contributed by atoms with Crippen LogP contribution in [0.4, 0.5) is 0 Å². The maximum atomic E-state index is 12.5. The van der Waals surface area contributed by atoms with E-state index in [0.29, 0.717) is 0 Å². The van der Waals surface area contributed by atoms with Gasteiger partial charge in [-0.05, 0) is 57.9 Å². The quantitative estimate of drug-likeness (QED) is 0.510. The molecule has 0 bridgehead atoms. The van der Waals surface area contributed by atoms with Gasteiger partial charge in [-0.15, -0.1) is 0 Å². The summed E-state index contributed by atoms with van der Waals surface area (Å²) >= 11 is 0. The molecule has 0 unspecified atom stereocenters. The fourth-order valence-corrected chi connectivity index (χ4v) is 3.12. The molecule has 0 radical (unpaired) electrons. The molecule has 1 aromatic rings. The van der Waals surface area contributed by atoms with Crippen molar-refractivity contribution in [2.75, 3.05) is 6.61 Å². The summed E-state index contributed by atoms with van der Waals surface area (Å²) in [7, 11) is 0. The van der Waals surface area contributed by atoms with Gasteiger partial charge in [0.2, 0.25) is 0 Å². The molecular weight excluding hydrogens is 300 g/mol. The maximum Gasteiger partial charge on any atom is 0.192 e. The zero-order valence-corrected chi connectivity index (χ0v) is 15.6. The Morgan fingerprint density at radius 2 is 1.67 bits per heavy atom. The summed E-state index contributed by atoms with van der Waals surface area (Å²) < 4.78 is 11.7. The number of hydrogen-bond acceptors (Lipinski definition) is 3. The molecule has 1 saturated heterocycles. The van der Waals surface area contributed by atoms with E-state index in [-0.39, 0.29) is 5.78 Å². The zero-order valence-electron chi connectivity index (χ0n) is 15.6. The molecule has 132 valence electrons. The van der Waals surface area contributed by atoms with Gasteiger partial charge in [0, 0.05) is 5.57 Å². The lowest BCUT2D eigenvalue weighted by Gasteiger charge is -2.22. The fourth-order valence-electron chi connectivity index (χ4n) is 3.12. The lowest BCUT2D eigenvalue weighted by Crippen LogP contribution is -2.29. The first-order chi connectivity index (χ1) is 11.3. The van der Waals surface area contributed by atoms with Gasteiger partial charge in [-0.25, -0.2) is 0 Å². The number of rotatable bonds is 7. The van der Waals surface area contributed by atoms with E-state index < -0.39 is 11.2 Å². The highest BCUT2D eigenvalue weighted by Gasteiger charge is 2.49. The van der Waals surface area contributed by atoms with Gasteiger partial charge in [-0.2, -0.15) is 0 Å². The van der Waals surface area contributed by atoms with E-state index in [1.54, 1.807) is 0 Å². The average Bonchev–Trinajstić information content (AvgIpc) is 2.66. The van der Waals surface area contributed by atoms with Gasteiger partial charge in [-0.3, -0.25) is 4.79 Å². The Balaban J connectivity index is 2.02. The van der Waals surface area contributed by atoms with E-state index in [9.17, 15) is 4.79 Å². The van der Waals surface area contributed by atoms with E-state index in [1.165, 1.54) is 19.3 Å². The predicted octanol–water partition coefficient (Wildman–Crippen LogP) is 5.19. The molecule has 0 aromatic heterocycles. The van der Waals surface area contributed by atoms with Crippen LogP contribution < -0.4 is 4.74 Å². The van der Waals surface area contributed by atoms with Crippen LogP contribution in [0.3, 0.4) is 0 Å². The van der Waals surface area contributed by atoms with Gasteiger partial charge in [-0.1, -0.05) is 38.3 Å². The van der Waals surface area contributed by atoms with Crippen LogP contribution in [0.5, 0.6) is 5.75 Å². The Labute approximate surface area is 146 Å². The molecule has 1 heterocycles. The lowest BCUT2D eigenvalue weighted by atomic mass is 9.91. The minimum absolute atomic E-state index is 0.0590. The Morgan fingerprint density at radius 1 is 1.00 bits per heavy atom. The Hall–Kier alpha value is -1.61. The Bertz CT molecular complexity index is 594. The minimum atomic E-state index is -0.753. The first kappa shape index (κ1) is 18.7. The van der Waals surface area contributed by atoms with Crippen molar-refractivity contribution in [2.24, 2.45) is 0 Å². The van der Waals surface area contributed by atoms with Crippen molar-refractivity contribution in [3.63, 3.8) is 0 Å². The number of ether oxygens (including phenoxy) is 2. The normalized spacial score (nSPS) is 20.5. The highest BCUT2D eigenvalue weighted by molar-refractivity contribution is 6.08. The standard InChI is InChI=1S/C21H30O3/c1-6-7-8-9-14-23-17-12-10-16(11-13-17)15-18-19(22)21(4,5)24-20(18,2)3/h10-13,15H,6-9,14H2,1-5H3. The van der Waals surface area contributed by atoms with Crippen molar-refractivity contribution in [1.82, 2.24) is 0 Å². The van der Waals surface area contributed by atoms with Crippen molar-refractivity contribution in [3.8, 4) is 5.75 Å². The predicted molar refractivity (Wildman–Crippen MR) is 98.3 cm³/mol. The third-order valence-electron chi connectivity index (χ3n) is 4.41.